The smallest absolute Gasteiger partial charge is 0.231 e. The Bertz CT molecular complexity index is 1790. The fraction of sp³-hybridized carbons (Fsp3) is 0.415. The summed E-state index contributed by atoms with van der Waals surface area (Å²) in [6.45, 7) is 11.3. The lowest BCUT2D eigenvalue weighted by molar-refractivity contribution is -0.122. The predicted molar refractivity (Wildman–Crippen MR) is 218 cm³/mol. The van der Waals surface area contributed by atoms with Gasteiger partial charge in [0, 0.05) is 73.6 Å². The third-order valence-corrected chi connectivity index (χ3v) is 9.20. The number of aliphatic imine (C=N–C) groups is 2. The van der Waals surface area contributed by atoms with Gasteiger partial charge in [-0.2, -0.15) is 0 Å². The molecular formula is C41H55N9O4. The molecule has 1 amide bonds. The Morgan fingerprint density at radius 2 is 1.89 bits per heavy atom. The number of anilines is 2. The second-order valence-corrected chi connectivity index (χ2v) is 13.5. The van der Waals surface area contributed by atoms with Crippen LogP contribution in [-0.2, 0) is 14.3 Å². The number of aldehydes is 1. The molecular weight excluding hydrogens is 683 g/mol. The Morgan fingerprint density at radius 3 is 2.52 bits per heavy atom. The molecule has 288 valence electrons. The summed E-state index contributed by atoms with van der Waals surface area (Å²) in [4.78, 5) is 42.5. The highest BCUT2D eigenvalue weighted by Crippen LogP contribution is 2.28. The summed E-state index contributed by atoms with van der Waals surface area (Å²) in [5, 5.41) is 8.66. The monoisotopic (exact) mass is 737 g/mol. The first-order valence-electron chi connectivity index (χ1n) is 18.4. The summed E-state index contributed by atoms with van der Waals surface area (Å²) in [6.07, 6.45) is 8.08. The predicted octanol–water partition coefficient (Wildman–Crippen LogP) is 4.53. The maximum Gasteiger partial charge on any atom is 0.231 e. The van der Waals surface area contributed by atoms with E-state index in [1.807, 2.05) is 43.9 Å². The van der Waals surface area contributed by atoms with E-state index in [2.05, 4.69) is 45.1 Å². The second-order valence-electron chi connectivity index (χ2n) is 13.5. The Kier molecular flexibility index (Phi) is 16.0. The standard InChI is InChI=1S/C24H31N5O3.C17H24N4O/c1-4-29(24(31)18-9-10-28(15-18)11-12-30)19-6-7-21(25)20(13-19)23(26)17-5-8-22(27-14-17)32-16(2)3;1-21-10-7-15(8-11-21)14-3-5-16(6-4-14)17(18)20-13-19-9-12-22-2/h5-8,12-14,16,18,26H,4,9-11,15,25H2,1-3H3;3-7,13H,8-12H2,1-2H3,(H2,18,19,20). The zero-order valence-corrected chi connectivity index (χ0v) is 32.2. The minimum atomic E-state index is -0.145. The Morgan fingerprint density at radius 1 is 1.13 bits per heavy atom. The van der Waals surface area contributed by atoms with Gasteiger partial charge in [-0.1, -0.05) is 30.3 Å². The van der Waals surface area contributed by atoms with Gasteiger partial charge in [0.2, 0.25) is 11.8 Å². The number of likely N-dealkylation sites (tertiary alicyclic amines) is 1. The fourth-order valence-electron chi connectivity index (χ4n) is 6.18. The summed E-state index contributed by atoms with van der Waals surface area (Å²) in [5.74, 6) is 0.861. The second kappa shape index (κ2) is 20.9. The average Bonchev–Trinajstić information content (AvgIpc) is 3.65. The van der Waals surface area contributed by atoms with Crippen LogP contribution in [0.15, 0.2) is 76.9 Å². The van der Waals surface area contributed by atoms with Crippen molar-refractivity contribution in [2.45, 2.75) is 39.7 Å². The number of amides is 1. The van der Waals surface area contributed by atoms with Gasteiger partial charge in [0.25, 0.3) is 0 Å². The summed E-state index contributed by atoms with van der Waals surface area (Å²) < 4.78 is 10.5. The normalized spacial score (nSPS) is 16.5. The molecule has 2 aliphatic rings. The van der Waals surface area contributed by atoms with E-state index in [9.17, 15) is 9.59 Å². The minimum Gasteiger partial charge on any atom is -0.475 e. The highest BCUT2D eigenvalue weighted by atomic mass is 16.5. The highest BCUT2D eigenvalue weighted by molar-refractivity contribution is 6.14. The number of rotatable bonds is 15. The summed E-state index contributed by atoms with van der Waals surface area (Å²) in [7, 11) is 3.79. The quantitative estimate of drug-likeness (QED) is 0.0666. The highest BCUT2D eigenvalue weighted by Gasteiger charge is 2.31. The van der Waals surface area contributed by atoms with Gasteiger partial charge in [-0.3, -0.25) is 20.1 Å². The van der Waals surface area contributed by atoms with Gasteiger partial charge in [-0.05, 0) is 82.6 Å². The zero-order chi connectivity index (χ0) is 39.0. The van der Waals surface area contributed by atoms with Gasteiger partial charge < -0.3 is 35.5 Å². The molecule has 0 spiro atoms. The SMILES string of the molecule is CCN(C(=O)C1CCN(CC=O)C1)c1ccc(N)c(C(=N)c2ccc(OC(C)C)nc2)c1.COCCN=CN=C(N)c1ccc(C2=CCN(C)CC2)cc1. The largest absolute Gasteiger partial charge is 0.475 e. The van der Waals surface area contributed by atoms with E-state index in [0.29, 0.717) is 67.0 Å². The molecule has 2 aromatic carbocycles. The van der Waals surface area contributed by atoms with Gasteiger partial charge in [0.05, 0.1) is 37.4 Å². The molecule has 13 heteroatoms. The number of nitrogen functional groups attached to an aromatic ring is 1. The van der Waals surface area contributed by atoms with Crippen molar-refractivity contribution in [3.05, 3.63) is 89.1 Å². The topological polar surface area (TPSA) is 176 Å². The van der Waals surface area contributed by atoms with Crippen LogP contribution in [0.4, 0.5) is 11.4 Å². The first-order chi connectivity index (χ1) is 26.0. The molecule has 54 heavy (non-hydrogen) atoms. The minimum absolute atomic E-state index is 0.0167. The van der Waals surface area contributed by atoms with E-state index < -0.39 is 0 Å². The number of carbonyl (C=O) groups excluding carboxylic acids is 2. The number of hydrogen-bond acceptors (Lipinski definition) is 10. The van der Waals surface area contributed by atoms with Crippen LogP contribution >= 0.6 is 0 Å². The number of benzene rings is 2. The first kappa shape index (κ1) is 41.5. The molecule has 1 atom stereocenters. The number of amidine groups is 1. The summed E-state index contributed by atoms with van der Waals surface area (Å²) in [5.41, 5.74) is 18.3. The Labute approximate surface area is 319 Å². The van der Waals surface area contributed by atoms with Crippen LogP contribution in [0, 0.1) is 11.3 Å². The third-order valence-electron chi connectivity index (χ3n) is 9.20. The number of hydrogen-bond donors (Lipinski definition) is 3. The molecule has 0 radical (unpaired) electrons. The number of pyridine rings is 1. The van der Waals surface area contributed by atoms with Crippen LogP contribution in [0.25, 0.3) is 5.57 Å². The van der Waals surface area contributed by atoms with Crippen molar-refractivity contribution in [3.63, 3.8) is 0 Å². The van der Waals surface area contributed by atoms with Crippen LogP contribution in [-0.4, -0.2) is 118 Å². The molecule has 1 fully saturated rings. The molecule has 1 unspecified atom stereocenters. The van der Waals surface area contributed by atoms with Crippen LogP contribution in [0.5, 0.6) is 5.88 Å². The molecule has 5 N–H and O–H groups in total. The molecule has 13 nitrogen and oxygen atoms in total. The first-order valence-corrected chi connectivity index (χ1v) is 18.4. The molecule has 1 saturated heterocycles. The van der Waals surface area contributed by atoms with Crippen LogP contribution in [0.2, 0.25) is 0 Å². The van der Waals surface area contributed by atoms with Gasteiger partial charge in [-0.25, -0.2) is 9.98 Å². The number of likely N-dealkylation sites (N-methyl/N-ethyl adjacent to an activating group) is 1. The van der Waals surface area contributed by atoms with Gasteiger partial charge in [0.1, 0.15) is 18.5 Å². The van der Waals surface area contributed by atoms with E-state index in [1.165, 1.54) is 17.5 Å². The van der Waals surface area contributed by atoms with Crippen molar-refractivity contribution in [2.24, 2.45) is 21.6 Å². The van der Waals surface area contributed by atoms with E-state index in [-0.39, 0.29) is 23.6 Å². The lowest BCUT2D eigenvalue weighted by atomic mass is 9.98. The van der Waals surface area contributed by atoms with Gasteiger partial charge >= 0.3 is 0 Å². The van der Waals surface area contributed by atoms with Crippen LogP contribution in [0.1, 0.15) is 55.9 Å². The third kappa shape index (κ3) is 11.9. The van der Waals surface area contributed by atoms with Crippen LogP contribution < -0.4 is 21.1 Å². The van der Waals surface area contributed by atoms with Gasteiger partial charge in [0.15, 0.2) is 0 Å². The lowest BCUT2D eigenvalue weighted by Gasteiger charge is -2.25. The molecule has 0 aliphatic carbocycles. The van der Waals surface area contributed by atoms with E-state index in [4.69, 9.17) is 26.4 Å². The number of carbonyl (C=O) groups is 2. The Hall–Kier alpha value is -5.24. The van der Waals surface area contributed by atoms with Crippen molar-refractivity contribution in [3.8, 4) is 5.88 Å². The maximum absolute atomic E-state index is 13.2. The number of methoxy groups -OCH3 is 1. The van der Waals surface area contributed by atoms with Crippen molar-refractivity contribution < 1.29 is 19.1 Å². The van der Waals surface area contributed by atoms with E-state index >= 15 is 0 Å². The molecule has 3 heterocycles. The maximum atomic E-state index is 13.2. The number of aromatic nitrogens is 1. The molecule has 5 rings (SSSR count). The molecule has 0 bridgehead atoms. The summed E-state index contributed by atoms with van der Waals surface area (Å²) in [6, 6.07) is 17.1. The van der Waals surface area contributed by atoms with E-state index in [0.717, 1.165) is 44.3 Å². The number of nitrogens with one attached hydrogen (secondary N) is 1. The van der Waals surface area contributed by atoms with Crippen molar-refractivity contribution >= 4 is 47.0 Å². The molecule has 1 aromatic heterocycles. The van der Waals surface area contributed by atoms with E-state index in [1.54, 1.807) is 42.5 Å². The molecule has 3 aromatic rings. The molecule has 2 aliphatic heterocycles. The van der Waals surface area contributed by atoms with Crippen LogP contribution in [0.3, 0.4) is 0 Å². The Balaban J connectivity index is 0.000000258. The average molecular weight is 738 g/mol. The number of nitrogens with zero attached hydrogens (tertiary/aromatic N) is 6. The summed E-state index contributed by atoms with van der Waals surface area (Å²) >= 11 is 0. The fourth-order valence-corrected chi connectivity index (χ4v) is 6.18. The zero-order valence-electron chi connectivity index (χ0n) is 32.2. The number of nitrogens with two attached hydrogens (primary N) is 2. The molecule has 0 saturated carbocycles. The van der Waals surface area contributed by atoms with Crippen molar-refractivity contribution in [1.82, 2.24) is 14.8 Å². The number of ether oxygens (including phenoxy) is 2. The van der Waals surface area contributed by atoms with Crippen molar-refractivity contribution in [2.75, 3.05) is 77.2 Å². The van der Waals surface area contributed by atoms with Crippen molar-refractivity contribution in [1.29, 1.82) is 5.41 Å². The lowest BCUT2D eigenvalue weighted by Crippen LogP contribution is -2.37. The van der Waals surface area contributed by atoms with Gasteiger partial charge in [-0.15, -0.1) is 0 Å².